The minimum Gasteiger partial charge on any atom is -0.272 e. The van der Waals surface area contributed by atoms with Crippen molar-refractivity contribution in [2.75, 3.05) is 0 Å². The molecule has 0 unspecified atom stereocenters. The predicted octanol–water partition coefficient (Wildman–Crippen LogP) is 1.93. The van der Waals surface area contributed by atoms with Gasteiger partial charge in [-0.3, -0.25) is 4.68 Å². The number of aryl methyl sites for hydroxylation is 1. The average Bonchev–Trinajstić information content (AvgIpc) is 2.31. The quantitative estimate of drug-likeness (QED) is 0.586. The molecule has 58 valence electrons. The highest BCUT2D eigenvalue weighted by Gasteiger charge is 1.97. The van der Waals surface area contributed by atoms with E-state index in [1.54, 1.807) is 6.08 Å². The van der Waals surface area contributed by atoms with Crippen molar-refractivity contribution >= 4 is 6.08 Å². The highest BCUT2D eigenvalue weighted by atomic mass is 15.3. The molecule has 0 radical (unpaired) electrons. The summed E-state index contributed by atoms with van der Waals surface area (Å²) in [6.45, 7) is 5.64. The summed E-state index contributed by atoms with van der Waals surface area (Å²) in [5, 5.41) is 4.10. The fraction of sp³-hybridized carbons (Fsp3) is 0.222. The lowest BCUT2D eigenvalue weighted by molar-refractivity contribution is 0.740. The molecule has 0 fully saturated rings. The first-order valence-corrected chi connectivity index (χ1v) is 3.53. The molecule has 0 saturated heterocycles. The number of rotatable bonds is 2. The second-order valence-corrected chi connectivity index (χ2v) is 2.40. The maximum absolute atomic E-state index is 4.10. The topological polar surface area (TPSA) is 17.8 Å². The standard InChI is InChI=1S/C9H12N2/c1-4-5-6-9-7-10-11(3)8(9)2/h4-7H,1H2,2-3H3/b6-5-. The summed E-state index contributed by atoms with van der Waals surface area (Å²) in [4.78, 5) is 0. The van der Waals surface area contributed by atoms with E-state index in [-0.39, 0.29) is 0 Å². The predicted molar refractivity (Wildman–Crippen MR) is 47.2 cm³/mol. The highest BCUT2D eigenvalue weighted by molar-refractivity contribution is 5.52. The maximum Gasteiger partial charge on any atom is 0.0564 e. The van der Waals surface area contributed by atoms with Gasteiger partial charge in [0.05, 0.1) is 6.20 Å². The lowest BCUT2D eigenvalue weighted by atomic mass is 10.2. The van der Waals surface area contributed by atoms with E-state index in [4.69, 9.17) is 0 Å². The van der Waals surface area contributed by atoms with Crippen LogP contribution in [0.2, 0.25) is 0 Å². The molecule has 1 heterocycles. The Balaban J connectivity index is 2.95. The van der Waals surface area contributed by atoms with E-state index in [1.807, 2.05) is 37.0 Å². The monoisotopic (exact) mass is 148 g/mol. The van der Waals surface area contributed by atoms with Gasteiger partial charge in [-0.15, -0.1) is 0 Å². The summed E-state index contributed by atoms with van der Waals surface area (Å²) in [6.07, 6.45) is 7.50. The van der Waals surface area contributed by atoms with Crippen molar-refractivity contribution in [1.29, 1.82) is 0 Å². The Morgan fingerprint density at radius 2 is 2.36 bits per heavy atom. The lowest BCUT2D eigenvalue weighted by Gasteiger charge is -1.92. The van der Waals surface area contributed by atoms with Gasteiger partial charge in [0.15, 0.2) is 0 Å². The van der Waals surface area contributed by atoms with Gasteiger partial charge >= 0.3 is 0 Å². The second kappa shape index (κ2) is 3.19. The van der Waals surface area contributed by atoms with Crippen molar-refractivity contribution in [3.63, 3.8) is 0 Å². The molecule has 0 atom stereocenters. The van der Waals surface area contributed by atoms with Crippen LogP contribution in [0.15, 0.2) is 24.9 Å². The molecule has 1 rings (SSSR count). The summed E-state index contributed by atoms with van der Waals surface area (Å²) < 4.78 is 1.85. The molecule has 11 heavy (non-hydrogen) atoms. The van der Waals surface area contributed by atoms with Crippen LogP contribution in [0.1, 0.15) is 11.3 Å². The zero-order valence-corrected chi connectivity index (χ0v) is 6.91. The Morgan fingerprint density at radius 1 is 1.64 bits per heavy atom. The van der Waals surface area contributed by atoms with Crippen molar-refractivity contribution < 1.29 is 0 Å². The molecule has 1 aromatic rings. The highest BCUT2D eigenvalue weighted by Crippen LogP contribution is 2.06. The summed E-state index contributed by atoms with van der Waals surface area (Å²) in [5.41, 5.74) is 2.32. The molecular weight excluding hydrogens is 136 g/mol. The van der Waals surface area contributed by atoms with Crippen LogP contribution < -0.4 is 0 Å². The largest absolute Gasteiger partial charge is 0.272 e. The van der Waals surface area contributed by atoms with E-state index >= 15 is 0 Å². The molecular formula is C9H12N2. The third kappa shape index (κ3) is 1.58. The molecule has 0 saturated carbocycles. The van der Waals surface area contributed by atoms with Crippen molar-refractivity contribution in [3.8, 4) is 0 Å². The van der Waals surface area contributed by atoms with Crippen LogP contribution in [0, 0.1) is 6.92 Å². The first-order valence-electron chi connectivity index (χ1n) is 3.53. The second-order valence-electron chi connectivity index (χ2n) is 2.40. The van der Waals surface area contributed by atoms with Crippen molar-refractivity contribution in [2.24, 2.45) is 7.05 Å². The van der Waals surface area contributed by atoms with E-state index in [9.17, 15) is 0 Å². The summed E-state index contributed by atoms with van der Waals surface area (Å²) in [7, 11) is 1.93. The minimum atomic E-state index is 1.15. The third-order valence-corrected chi connectivity index (χ3v) is 1.69. The first-order chi connectivity index (χ1) is 5.25. The van der Waals surface area contributed by atoms with Crippen LogP contribution in [0.5, 0.6) is 0 Å². The Bertz CT molecular complexity index is 282. The van der Waals surface area contributed by atoms with Crippen LogP contribution in [0.3, 0.4) is 0 Å². The Labute approximate surface area is 66.8 Å². The van der Waals surface area contributed by atoms with Crippen molar-refractivity contribution in [3.05, 3.63) is 36.2 Å². The van der Waals surface area contributed by atoms with Crippen LogP contribution in [-0.2, 0) is 7.05 Å². The van der Waals surface area contributed by atoms with E-state index < -0.39 is 0 Å². The Kier molecular flexibility index (Phi) is 2.26. The molecule has 0 bridgehead atoms. The summed E-state index contributed by atoms with van der Waals surface area (Å²) in [6, 6.07) is 0. The smallest absolute Gasteiger partial charge is 0.0564 e. The fourth-order valence-electron chi connectivity index (χ4n) is 0.851. The first kappa shape index (κ1) is 7.79. The van der Waals surface area contributed by atoms with Gasteiger partial charge in [-0.1, -0.05) is 24.8 Å². The van der Waals surface area contributed by atoms with Gasteiger partial charge in [0.2, 0.25) is 0 Å². The SMILES string of the molecule is C=C/C=C\c1cnn(C)c1C. The molecule has 0 aliphatic heterocycles. The maximum atomic E-state index is 4.10. The summed E-state index contributed by atoms with van der Waals surface area (Å²) >= 11 is 0. The van der Waals surface area contributed by atoms with Crippen LogP contribution >= 0.6 is 0 Å². The molecule has 1 aromatic heterocycles. The molecule has 0 aliphatic rings. The van der Waals surface area contributed by atoms with Crippen LogP contribution in [-0.4, -0.2) is 9.78 Å². The summed E-state index contributed by atoms with van der Waals surface area (Å²) in [5.74, 6) is 0. The minimum absolute atomic E-state index is 1.15. The third-order valence-electron chi connectivity index (χ3n) is 1.69. The number of allylic oxidation sites excluding steroid dienone is 2. The van der Waals surface area contributed by atoms with Gasteiger partial charge in [-0.25, -0.2) is 0 Å². The Morgan fingerprint density at radius 3 is 2.82 bits per heavy atom. The van der Waals surface area contributed by atoms with Gasteiger partial charge < -0.3 is 0 Å². The zero-order chi connectivity index (χ0) is 8.27. The lowest BCUT2D eigenvalue weighted by Crippen LogP contribution is -1.91. The van der Waals surface area contributed by atoms with E-state index in [0.717, 1.165) is 5.56 Å². The van der Waals surface area contributed by atoms with Gasteiger partial charge in [-0.2, -0.15) is 5.10 Å². The number of aromatic nitrogens is 2. The Hall–Kier alpha value is -1.31. The van der Waals surface area contributed by atoms with Gasteiger partial charge in [0.25, 0.3) is 0 Å². The van der Waals surface area contributed by atoms with Crippen LogP contribution in [0.4, 0.5) is 0 Å². The molecule has 0 amide bonds. The fourth-order valence-corrected chi connectivity index (χ4v) is 0.851. The molecule has 0 aromatic carbocycles. The van der Waals surface area contributed by atoms with E-state index in [0.29, 0.717) is 0 Å². The van der Waals surface area contributed by atoms with Crippen molar-refractivity contribution in [1.82, 2.24) is 9.78 Å². The molecule has 0 spiro atoms. The number of hydrogen-bond donors (Lipinski definition) is 0. The molecule has 0 N–H and O–H groups in total. The van der Waals surface area contributed by atoms with E-state index in [1.165, 1.54) is 5.69 Å². The molecule has 2 nitrogen and oxygen atoms in total. The van der Waals surface area contributed by atoms with Gasteiger partial charge in [0, 0.05) is 18.3 Å². The van der Waals surface area contributed by atoms with Gasteiger partial charge in [-0.05, 0) is 6.92 Å². The average molecular weight is 148 g/mol. The van der Waals surface area contributed by atoms with E-state index in [2.05, 4.69) is 11.7 Å². The molecule has 2 heteroatoms. The van der Waals surface area contributed by atoms with Crippen LogP contribution in [0.25, 0.3) is 6.08 Å². The normalized spacial score (nSPS) is 10.7. The van der Waals surface area contributed by atoms with Gasteiger partial charge in [0.1, 0.15) is 0 Å². The zero-order valence-electron chi connectivity index (χ0n) is 6.91. The number of hydrogen-bond acceptors (Lipinski definition) is 1. The van der Waals surface area contributed by atoms with Crippen molar-refractivity contribution in [2.45, 2.75) is 6.92 Å². The number of nitrogens with zero attached hydrogens (tertiary/aromatic N) is 2. The molecule has 0 aliphatic carbocycles.